The van der Waals surface area contributed by atoms with Crippen molar-refractivity contribution >= 4 is 22.2 Å². The molecule has 0 amide bonds. The molecule has 1 aliphatic rings. The zero-order valence-electron chi connectivity index (χ0n) is 17.6. The van der Waals surface area contributed by atoms with Gasteiger partial charge in [0.25, 0.3) is 0 Å². The predicted octanol–water partition coefficient (Wildman–Crippen LogP) is 5.17. The van der Waals surface area contributed by atoms with Crippen LogP contribution < -0.4 is 5.43 Å². The largest absolute Gasteiger partial charge is 0.256 e. The van der Waals surface area contributed by atoms with Crippen LogP contribution in [0.2, 0.25) is 0 Å². The maximum absolute atomic E-state index is 9.98. The number of nitrogens with zero attached hydrogens (tertiary/aromatic N) is 5. The molecule has 0 fully saturated rings. The number of rotatable bonds is 4. The molecule has 3 aromatic rings. The molecule has 6 nitrogen and oxygen atoms in total. The molecule has 0 spiro atoms. The number of aromatic nitrogens is 1. The fourth-order valence-corrected chi connectivity index (χ4v) is 4.54. The van der Waals surface area contributed by atoms with Gasteiger partial charge in [-0.25, -0.2) is 10.1 Å². The number of nitriles is 2. The Balaban J connectivity index is 1.72. The van der Waals surface area contributed by atoms with E-state index < -0.39 is 5.92 Å². The van der Waals surface area contributed by atoms with E-state index in [-0.39, 0.29) is 5.41 Å². The molecule has 1 atom stereocenters. The highest BCUT2D eigenvalue weighted by atomic mass is 32.1. The molecule has 4 rings (SSSR count). The third-order valence-corrected chi connectivity index (χ3v) is 5.91. The van der Waals surface area contributed by atoms with E-state index in [2.05, 4.69) is 22.5 Å². The lowest BCUT2D eigenvalue weighted by molar-refractivity contribution is 0.333. The van der Waals surface area contributed by atoms with Crippen molar-refractivity contribution in [2.75, 3.05) is 5.43 Å². The van der Waals surface area contributed by atoms with Gasteiger partial charge in [-0.2, -0.15) is 15.6 Å². The van der Waals surface area contributed by atoms with Gasteiger partial charge in [-0.1, -0.05) is 86.7 Å². The second kappa shape index (κ2) is 8.22. The summed E-state index contributed by atoms with van der Waals surface area (Å²) in [5, 5.41) is 26.6. The number of thiazole rings is 1. The van der Waals surface area contributed by atoms with E-state index in [1.54, 1.807) is 5.12 Å². The Morgan fingerprint density at radius 3 is 2.42 bits per heavy atom. The summed E-state index contributed by atoms with van der Waals surface area (Å²) < 4.78 is 0. The molecule has 154 valence electrons. The van der Waals surface area contributed by atoms with Crippen molar-refractivity contribution in [3.63, 3.8) is 0 Å². The highest BCUT2D eigenvalue weighted by Crippen LogP contribution is 2.33. The number of benzene rings is 2. The van der Waals surface area contributed by atoms with Crippen molar-refractivity contribution in [3.05, 3.63) is 81.9 Å². The molecule has 1 aliphatic heterocycles. The Morgan fingerprint density at radius 2 is 1.77 bits per heavy atom. The van der Waals surface area contributed by atoms with Crippen LogP contribution in [0.25, 0.3) is 0 Å². The minimum Gasteiger partial charge on any atom is -0.256 e. The van der Waals surface area contributed by atoms with Crippen LogP contribution in [-0.2, 0) is 12.0 Å². The average molecular weight is 427 g/mol. The van der Waals surface area contributed by atoms with Gasteiger partial charge in [0.05, 0.1) is 24.0 Å². The minimum absolute atomic E-state index is 0.233. The molecular weight excluding hydrogens is 404 g/mol. The van der Waals surface area contributed by atoms with Crippen molar-refractivity contribution in [3.8, 4) is 12.1 Å². The summed E-state index contributed by atoms with van der Waals surface area (Å²) in [5.41, 5.74) is 7.42. The molecule has 0 radical (unpaired) electrons. The van der Waals surface area contributed by atoms with Gasteiger partial charge in [0, 0.05) is 11.0 Å². The number of anilines is 1. The number of hydrazine groups is 1. The second-order valence-electron chi connectivity index (χ2n) is 8.34. The van der Waals surface area contributed by atoms with E-state index >= 15 is 0 Å². The first-order valence-corrected chi connectivity index (χ1v) is 10.8. The Hall–Kier alpha value is -3.68. The standard InChI is InChI=1S/C24H22N6S/c1-24(2,3)22-20(14-26)31-23(27-22)29-30-15-17-11-7-8-12-18(17)21(28-30)19(13-25)16-9-5-4-6-10-16/h4-12,19H,15H2,1-3H3,(H,27,29). The number of hydrogen-bond donors (Lipinski definition) is 1. The number of nitrogens with one attached hydrogen (secondary N) is 1. The summed E-state index contributed by atoms with van der Waals surface area (Å²) in [7, 11) is 0. The van der Waals surface area contributed by atoms with E-state index in [1.165, 1.54) is 11.3 Å². The number of fused-ring (bicyclic) bond motifs is 1. The SMILES string of the molecule is CC(C)(C)c1nc(NN2Cc3ccccc3C(C(C#N)c3ccccc3)=N2)sc1C#N. The summed E-state index contributed by atoms with van der Waals surface area (Å²) in [6.07, 6.45) is 0. The summed E-state index contributed by atoms with van der Waals surface area (Å²) >= 11 is 1.31. The average Bonchev–Trinajstić information content (AvgIpc) is 3.18. The summed E-state index contributed by atoms with van der Waals surface area (Å²) in [5.74, 6) is -0.497. The Bertz CT molecular complexity index is 1210. The molecule has 2 heterocycles. The van der Waals surface area contributed by atoms with E-state index in [0.29, 0.717) is 22.3 Å². The fraction of sp³-hybridized carbons (Fsp3) is 0.250. The third-order valence-electron chi connectivity index (χ3n) is 5.04. The minimum atomic E-state index is -0.497. The molecule has 1 unspecified atom stereocenters. The van der Waals surface area contributed by atoms with E-state index in [9.17, 15) is 10.5 Å². The molecular formula is C24H22N6S. The summed E-state index contributed by atoms with van der Waals surface area (Å²) in [4.78, 5) is 5.25. The topological polar surface area (TPSA) is 88.1 Å². The van der Waals surface area contributed by atoms with Crippen LogP contribution in [0.1, 0.15) is 54.0 Å². The molecule has 7 heteroatoms. The smallest absolute Gasteiger partial charge is 0.204 e. The van der Waals surface area contributed by atoms with Gasteiger partial charge >= 0.3 is 0 Å². The lowest BCUT2D eigenvalue weighted by atomic mass is 9.88. The predicted molar refractivity (Wildman–Crippen MR) is 122 cm³/mol. The van der Waals surface area contributed by atoms with Crippen molar-refractivity contribution in [1.29, 1.82) is 10.5 Å². The first-order valence-electron chi connectivity index (χ1n) is 9.97. The van der Waals surface area contributed by atoms with Crippen LogP contribution >= 0.6 is 11.3 Å². The highest BCUT2D eigenvalue weighted by Gasteiger charge is 2.28. The molecule has 0 saturated carbocycles. The molecule has 2 aromatic carbocycles. The van der Waals surface area contributed by atoms with Crippen molar-refractivity contribution in [1.82, 2.24) is 10.1 Å². The molecule has 1 N–H and O–H groups in total. The van der Waals surface area contributed by atoms with E-state index in [1.807, 2.05) is 75.4 Å². The quantitative estimate of drug-likeness (QED) is 0.622. The first kappa shape index (κ1) is 20.6. The van der Waals surface area contributed by atoms with Gasteiger partial charge in [-0.15, -0.1) is 0 Å². The van der Waals surface area contributed by atoms with Crippen molar-refractivity contribution in [2.24, 2.45) is 5.10 Å². The zero-order chi connectivity index (χ0) is 22.0. The van der Waals surface area contributed by atoms with Crippen molar-refractivity contribution in [2.45, 2.75) is 38.6 Å². The normalized spacial score (nSPS) is 14.1. The lowest BCUT2D eigenvalue weighted by Crippen LogP contribution is -2.32. The summed E-state index contributed by atoms with van der Waals surface area (Å²) in [6, 6.07) is 22.3. The highest BCUT2D eigenvalue weighted by molar-refractivity contribution is 7.16. The maximum atomic E-state index is 9.98. The maximum Gasteiger partial charge on any atom is 0.204 e. The monoisotopic (exact) mass is 426 g/mol. The Labute approximate surface area is 186 Å². The zero-order valence-corrected chi connectivity index (χ0v) is 18.4. The molecule has 0 aliphatic carbocycles. The fourth-order valence-electron chi connectivity index (χ4n) is 3.57. The molecule has 31 heavy (non-hydrogen) atoms. The summed E-state index contributed by atoms with van der Waals surface area (Å²) in [6.45, 7) is 6.64. The lowest BCUT2D eigenvalue weighted by Gasteiger charge is -2.29. The van der Waals surface area contributed by atoms with Crippen LogP contribution in [0.4, 0.5) is 5.13 Å². The van der Waals surface area contributed by atoms with Gasteiger partial charge in [0.2, 0.25) is 5.13 Å². The van der Waals surface area contributed by atoms with Crippen molar-refractivity contribution < 1.29 is 0 Å². The molecule has 1 aromatic heterocycles. The molecule has 0 bridgehead atoms. The van der Waals surface area contributed by atoms with E-state index in [0.717, 1.165) is 22.4 Å². The Kier molecular flexibility index (Phi) is 5.46. The van der Waals surface area contributed by atoms with Gasteiger partial charge in [0.1, 0.15) is 16.9 Å². The molecule has 0 saturated heterocycles. The van der Waals surface area contributed by atoms with Crippen LogP contribution in [0, 0.1) is 22.7 Å². The van der Waals surface area contributed by atoms with Crippen LogP contribution in [-0.4, -0.2) is 15.8 Å². The second-order valence-corrected chi connectivity index (χ2v) is 9.34. The van der Waals surface area contributed by atoms with E-state index in [4.69, 9.17) is 5.10 Å². The van der Waals surface area contributed by atoms with Gasteiger partial charge in [0.15, 0.2) is 0 Å². The number of hydrazone groups is 1. The third kappa shape index (κ3) is 4.14. The van der Waals surface area contributed by atoms with Crippen LogP contribution in [0.15, 0.2) is 59.7 Å². The van der Waals surface area contributed by atoms with Crippen LogP contribution in [0.3, 0.4) is 0 Å². The van der Waals surface area contributed by atoms with Gasteiger partial charge in [-0.05, 0) is 11.1 Å². The van der Waals surface area contributed by atoms with Gasteiger partial charge < -0.3 is 0 Å². The Morgan fingerprint density at radius 1 is 1.06 bits per heavy atom. The number of hydrogen-bond acceptors (Lipinski definition) is 7. The van der Waals surface area contributed by atoms with Gasteiger partial charge in [-0.3, -0.25) is 5.43 Å². The first-order chi connectivity index (χ1) is 14.9. The van der Waals surface area contributed by atoms with Crippen LogP contribution in [0.5, 0.6) is 0 Å².